The zero-order chi connectivity index (χ0) is 16.8. The van der Waals surface area contributed by atoms with Gasteiger partial charge in [0.15, 0.2) is 6.29 Å². The quantitative estimate of drug-likeness (QED) is 0.730. The van der Waals surface area contributed by atoms with Gasteiger partial charge in [-0.1, -0.05) is 20.3 Å². The summed E-state index contributed by atoms with van der Waals surface area (Å²) in [6.07, 6.45) is 3.28. The molecular weight excluding hydrogens is 298 g/mol. The van der Waals surface area contributed by atoms with E-state index in [0.717, 1.165) is 25.8 Å². The highest BCUT2D eigenvalue weighted by Crippen LogP contribution is 2.26. The molecule has 132 valence electrons. The van der Waals surface area contributed by atoms with Crippen molar-refractivity contribution in [3.63, 3.8) is 0 Å². The number of carbonyl (C=O) groups is 2. The van der Waals surface area contributed by atoms with Crippen LogP contribution in [0.15, 0.2) is 0 Å². The molecule has 2 heterocycles. The maximum atomic E-state index is 12.3. The zero-order valence-electron chi connectivity index (χ0n) is 14.3. The van der Waals surface area contributed by atoms with E-state index in [1.807, 2.05) is 20.8 Å². The van der Waals surface area contributed by atoms with Gasteiger partial charge < -0.3 is 9.47 Å². The van der Waals surface area contributed by atoms with Crippen molar-refractivity contribution in [2.45, 2.75) is 64.8 Å². The van der Waals surface area contributed by atoms with Gasteiger partial charge in [0.1, 0.15) is 0 Å². The van der Waals surface area contributed by atoms with Crippen LogP contribution in [0.25, 0.3) is 0 Å². The number of likely N-dealkylation sites (tertiary alicyclic amines) is 1. The van der Waals surface area contributed by atoms with Crippen molar-refractivity contribution in [3.05, 3.63) is 0 Å². The summed E-state index contributed by atoms with van der Waals surface area (Å²) in [5, 5.41) is 0. The van der Waals surface area contributed by atoms with Gasteiger partial charge in [0.05, 0.1) is 25.3 Å². The maximum absolute atomic E-state index is 12.3. The number of rotatable bonds is 5. The molecule has 0 aliphatic carbocycles. The third-order valence-corrected chi connectivity index (χ3v) is 4.35. The van der Waals surface area contributed by atoms with Gasteiger partial charge in [-0.3, -0.25) is 25.3 Å². The molecule has 0 aromatic carbocycles. The summed E-state index contributed by atoms with van der Waals surface area (Å²) >= 11 is 0. The second kappa shape index (κ2) is 8.61. The van der Waals surface area contributed by atoms with Crippen LogP contribution >= 0.6 is 0 Å². The lowest BCUT2D eigenvalue weighted by Gasteiger charge is -2.40. The Morgan fingerprint density at radius 2 is 1.83 bits per heavy atom. The Balaban J connectivity index is 1.87. The van der Waals surface area contributed by atoms with Gasteiger partial charge in [-0.25, -0.2) is 0 Å². The van der Waals surface area contributed by atoms with Crippen molar-refractivity contribution in [2.75, 3.05) is 19.8 Å². The fraction of sp³-hybridized carbons (Fsp3) is 0.875. The lowest BCUT2D eigenvalue weighted by atomic mass is 9.99. The van der Waals surface area contributed by atoms with Gasteiger partial charge in [0.25, 0.3) is 5.91 Å². The van der Waals surface area contributed by atoms with Crippen LogP contribution in [0.1, 0.15) is 46.5 Å². The van der Waals surface area contributed by atoms with E-state index in [1.165, 1.54) is 0 Å². The second-order valence-electron chi connectivity index (χ2n) is 6.72. The third-order valence-electron chi connectivity index (χ3n) is 4.35. The Bertz CT molecular complexity index is 410. The molecule has 0 bridgehead atoms. The number of carbonyl (C=O) groups excluding carboxylic acids is 2. The molecular formula is C16H29N3O4. The molecule has 2 amide bonds. The molecule has 2 rings (SSSR count). The topological polar surface area (TPSA) is 79.9 Å². The second-order valence-corrected chi connectivity index (χ2v) is 6.72. The third kappa shape index (κ3) is 5.16. The molecule has 2 aliphatic heterocycles. The molecule has 23 heavy (non-hydrogen) atoms. The van der Waals surface area contributed by atoms with E-state index in [1.54, 1.807) is 0 Å². The number of hydrazine groups is 1. The highest BCUT2D eigenvalue weighted by Gasteiger charge is 2.37. The van der Waals surface area contributed by atoms with E-state index < -0.39 is 0 Å². The standard InChI is InChI=1S/C16H29N3O4/c1-11(2)10-14(20)17-18-15(21)12(3)19-7-5-4-6-13(19)16-22-8-9-23-16/h11-13,16H,4-10H2,1-3H3,(H,17,20)(H,18,21)/t12-,13+/m1/s1. The highest BCUT2D eigenvalue weighted by atomic mass is 16.7. The number of hydrogen-bond donors (Lipinski definition) is 2. The summed E-state index contributed by atoms with van der Waals surface area (Å²) in [5.74, 6) is -0.113. The van der Waals surface area contributed by atoms with Gasteiger partial charge >= 0.3 is 0 Å². The minimum absolute atomic E-state index is 0.0957. The monoisotopic (exact) mass is 327 g/mol. The number of ether oxygens (including phenoxy) is 2. The minimum Gasteiger partial charge on any atom is -0.349 e. The van der Waals surface area contributed by atoms with Crippen LogP contribution in [0, 0.1) is 5.92 Å². The molecule has 0 spiro atoms. The van der Waals surface area contributed by atoms with Crippen molar-refractivity contribution in [1.82, 2.24) is 15.8 Å². The molecule has 0 unspecified atom stereocenters. The van der Waals surface area contributed by atoms with Crippen LogP contribution in [0.3, 0.4) is 0 Å². The molecule has 2 fully saturated rings. The van der Waals surface area contributed by atoms with E-state index in [4.69, 9.17) is 9.47 Å². The van der Waals surface area contributed by atoms with Crippen LogP contribution in [-0.4, -0.2) is 54.8 Å². The first kappa shape index (κ1) is 18.2. The molecule has 2 aliphatic rings. The first-order valence-electron chi connectivity index (χ1n) is 8.56. The zero-order valence-corrected chi connectivity index (χ0v) is 14.3. The normalized spacial score (nSPS) is 24.6. The van der Waals surface area contributed by atoms with Gasteiger partial charge in [-0.2, -0.15) is 0 Å². The molecule has 7 heteroatoms. The Hall–Kier alpha value is -1.18. The van der Waals surface area contributed by atoms with Crippen molar-refractivity contribution in [2.24, 2.45) is 5.92 Å². The first-order chi connectivity index (χ1) is 11.0. The number of amides is 2. The Morgan fingerprint density at radius 3 is 2.48 bits per heavy atom. The number of nitrogens with zero attached hydrogens (tertiary/aromatic N) is 1. The van der Waals surface area contributed by atoms with Crippen molar-refractivity contribution in [1.29, 1.82) is 0 Å². The van der Waals surface area contributed by atoms with Gasteiger partial charge in [-0.05, 0) is 32.2 Å². The molecule has 2 saturated heterocycles. The summed E-state index contributed by atoms with van der Waals surface area (Å²) < 4.78 is 11.3. The fourth-order valence-corrected chi connectivity index (χ4v) is 3.16. The summed E-state index contributed by atoms with van der Waals surface area (Å²) in [7, 11) is 0. The van der Waals surface area contributed by atoms with Crippen molar-refractivity contribution < 1.29 is 19.1 Å². The summed E-state index contributed by atoms with van der Waals surface area (Å²) in [4.78, 5) is 26.1. The molecule has 0 aromatic rings. The molecule has 0 radical (unpaired) electrons. The Labute approximate surface area is 138 Å². The van der Waals surface area contributed by atoms with E-state index in [9.17, 15) is 9.59 Å². The Morgan fingerprint density at radius 1 is 1.13 bits per heavy atom. The average Bonchev–Trinajstić information content (AvgIpc) is 3.05. The molecule has 2 N–H and O–H groups in total. The predicted molar refractivity (Wildman–Crippen MR) is 85.2 cm³/mol. The van der Waals surface area contributed by atoms with Crippen LogP contribution in [0.4, 0.5) is 0 Å². The molecule has 0 aromatic heterocycles. The van der Waals surface area contributed by atoms with Gasteiger partial charge in [0.2, 0.25) is 5.91 Å². The summed E-state index contributed by atoms with van der Waals surface area (Å²) in [5.41, 5.74) is 5.02. The smallest absolute Gasteiger partial charge is 0.255 e. The van der Waals surface area contributed by atoms with E-state index in [-0.39, 0.29) is 36.1 Å². The van der Waals surface area contributed by atoms with Crippen LogP contribution in [-0.2, 0) is 19.1 Å². The fourth-order valence-electron chi connectivity index (χ4n) is 3.16. The van der Waals surface area contributed by atoms with Crippen molar-refractivity contribution >= 4 is 11.8 Å². The molecule has 0 saturated carbocycles. The molecule has 7 nitrogen and oxygen atoms in total. The lowest BCUT2D eigenvalue weighted by molar-refractivity contribution is -0.141. The van der Waals surface area contributed by atoms with Crippen LogP contribution < -0.4 is 10.9 Å². The van der Waals surface area contributed by atoms with Crippen LogP contribution in [0.5, 0.6) is 0 Å². The number of piperidine rings is 1. The van der Waals surface area contributed by atoms with Crippen LogP contribution in [0.2, 0.25) is 0 Å². The highest BCUT2D eigenvalue weighted by molar-refractivity contribution is 5.85. The molecule has 2 atom stereocenters. The SMILES string of the molecule is CC(C)CC(=O)NNC(=O)[C@@H](C)N1CCCC[C@H]1C1OCCO1. The summed E-state index contributed by atoms with van der Waals surface area (Å²) in [6, 6.07) is -0.245. The number of nitrogens with one attached hydrogen (secondary N) is 2. The summed E-state index contributed by atoms with van der Waals surface area (Å²) in [6.45, 7) is 7.84. The van der Waals surface area contributed by atoms with Gasteiger partial charge in [0, 0.05) is 6.42 Å². The number of hydrogen-bond acceptors (Lipinski definition) is 5. The van der Waals surface area contributed by atoms with Gasteiger partial charge in [-0.15, -0.1) is 0 Å². The Kier molecular flexibility index (Phi) is 6.80. The maximum Gasteiger partial charge on any atom is 0.255 e. The lowest BCUT2D eigenvalue weighted by Crippen LogP contribution is -2.57. The van der Waals surface area contributed by atoms with E-state index >= 15 is 0 Å². The minimum atomic E-state index is -0.340. The van der Waals surface area contributed by atoms with Crippen molar-refractivity contribution in [3.8, 4) is 0 Å². The average molecular weight is 327 g/mol. The van der Waals surface area contributed by atoms with E-state index in [2.05, 4.69) is 15.8 Å². The predicted octanol–water partition coefficient (Wildman–Crippen LogP) is 0.796. The van der Waals surface area contributed by atoms with E-state index in [0.29, 0.717) is 19.6 Å². The first-order valence-corrected chi connectivity index (χ1v) is 8.56. The largest absolute Gasteiger partial charge is 0.349 e.